The molecule has 4 nitrogen and oxygen atoms in total. The van der Waals surface area contributed by atoms with Crippen molar-refractivity contribution in [3.05, 3.63) is 33.3 Å². The maximum atomic E-state index is 5.90. The first kappa shape index (κ1) is 14.5. The predicted molar refractivity (Wildman–Crippen MR) is 78.4 cm³/mol. The molecule has 1 heterocycles. The van der Waals surface area contributed by atoms with Crippen LogP contribution >= 0.6 is 34.5 Å². The van der Waals surface area contributed by atoms with Crippen LogP contribution in [-0.4, -0.2) is 16.7 Å². The highest BCUT2D eigenvalue weighted by Crippen LogP contribution is 2.29. The van der Waals surface area contributed by atoms with Gasteiger partial charge in [0.15, 0.2) is 0 Å². The largest absolute Gasteiger partial charge is 0.430 e. The van der Waals surface area contributed by atoms with Crippen molar-refractivity contribution in [3.63, 3.8) is 0 Å². The molecule has 0 aliphatic rings. The smallest absolute Gasteiger partial charge is 0.299 e. The van der Waals surface area contributed by atoms with Crippen LogP contribution in [0.4, 0.5) is 0 Å². The van der Waals surface area contributed by atoms with Gasteiger partial charge in [-0.25, -0.2) is 0 Å². The zero-order valence-corrected chi connectivity index (χ0v) is 12.6. The molecule has 19 heavy (non-hydrogen) atoms. The van der Waals surface area contributed by atoms with Crippen molar-refractivity contribution in [1.29, 1.82) is 0 Å². The monoisotopic (exact) mass is 317 g/mol. The lowest BCUT2D eigenvalue weighted by Gasteiger charge is -2.02. The lowest BCUT2D eigenvalue weighted by molar-refractivity contribution is 0.473. The van der Waals surface area contributed by atoms with Gasteiger partial charge < -0.3 is 10.1 Å². The fourth-order valence-corrected chi connectivity index (χ4v) is 2.59. The van der Waals surface area contributed by atoms with Gasteiger partial charge in [-0.05, 0) is 31.2 Å². The van der Waals surface area contributed by atoms with Gasteiger partial charge in [0.05, 0.1) is 0 Å². The van der Waals surface area contributed by atoms with Crippen molar-refractivity contribution in [1.82, 2.24) is 15.5 Å². The maximum Gasteiger partial charge on any atom is 0.299 e. The van der Waals surface area contributed by atoms with E-state index in [4.69, 9.17) is 27.9 Å². The predicted octanol–water partition coefficient (Wildman–Crippen LogP) is 4.14. The summed E-state index contributed by atoms with van der Waals surface area (Å²) < 4.78 is 5.58. The van der Waals surface area contributed by atoms with Crippen LogP contribution in [0.1, 0.15) is 18.4 Å². The van der Waals surface area contributed by atoms with Crippen molar-refractivity contribution in [3.8, 4) is 10.9 Å². The average Bonchev–Trinajstić information content (AvgIpc) is 2.76. The molecule has 7 heteroatoms. The van der Waals surface area contributed by atoms with Gasteiger partial charge in [0.2, 0.25) is 0 Å². The van der Waals surface area contributed by atoms with Gasteiger partial charge in [-0.15, -0.1) is 5.10 Å². The molecule has 1 aromatic heterocycles. The van der Waals surface area contributed by atoms with Crippen molar-refractivity contribution in [2.75, 3.05) is 6.54 Å². The molecule has 102 valence electrons. The Kier molecular flexibility index (Phi) is 5.39. The highest BCUT2D eigenvalue weighted by Gasteiger charge is 2.07. The maximum absolute atomic E-state index is 5.90. The molecule has 1 N–H and O–H groups in total. The molecule has 2 rings (SSSR count). The molecule has 0 amide bonds. The van der Waals surface area contributed by atoms with E-state index in [9.17, 15) is 0 Å². The number of ether oxygens (including phenoxy) is 1. The van der Waals surface area contributed by atoms with E-state index in [1.54, 1.807) is 18.2 Å². The summed E-state index contributed by atoms with van der Waals surface area (Å²) in [5, 5.41) is 13.7. The number of benzene rings is 1. The molecule has 0 unspecified atom stereocenters. The van der Waals surface area contributed by atoms with Gasteiger partial charge in [0.25, 0.3) is 5.19 Å². The summed E-state index contributed by atoms with van der Waals surface area (Å²) in [7, 11) is 0. The molecular formula is C12H13Cl2N3OS. The second-order valence-corrected chi connectivity index (χ2v) is 5.74. The van der Waals surface area contributed by atoms with Gasteiger partial charge in [0.1, 0.15) is 10.8 Å². The molecule has 0 saturated heterocycles. The molecule has 0 radical (unpaired) electrons. The fraction of sp³-hybridized carbons (Fsp3) is 0.333. The lowest BCUT2D eigenvalue weighted by Crippen LogP contribution is -2.13. The van der Waals surface area contributed by atoms with E-state index in [2.05, 4.69) is 22.4 Å². The van der Waals surface area contributed by atoms with Crippen LogP contribution in [0.5, 0.6) is 10.9 Å². The Morgan fingerprint density at radius 1 is 1.21 bits per heavy atom. The van der Waals surface area contributed by atoms with Crippen LogP contribution < -0.4 is 10.1 Å². The summed E-state index contributed by atoms with van der Waals surface area (Å²) in [5.74, 6) is 0.557. The molecule has 0 saturated carbocycles. The van der Waals surface area contributed by atoms with Crippen molar-refractivity contribution >= 4 is 34.5 Å². The Hall–Kier alpha value is -0.880. The van der Waals surface area contributed by atoms with Crippen LogP contribution in [0.2, 0.25) is 10.0 Å². The summed E-state index contributed by atoms with van der Waals surface area (Å²) in [6.07, 6.45) is 1.09. The molecule has 0 atom stereocenters. The Morgan fingerprint density at radius 3 is 2.63 bits per heavy atom. The molecule has 0 aliphatic carbocycles. The third kappa shape index (κ3) is 4.62. The number of hydrogen-bond acceptors (Lipinski definition) is 5. The summed E-state index contributed by atoms with van der Waals surface area (Å²) in [6, 6.07) is 5.02. The zero-order valence-electron chi connectivity index (χ0n) is 10.3. The Labute approximate surface area is 125 Å². The van der Waals surface area contributed by atoms with E-state index in [1.807, 2.05) is 0 Å². The van der Waals surface area contributed by atoms with Crippen molar-refractivity contribution in [2.24, 2.45) is 0 Å². The quantitative estimate of drug-likeness (QED) is 0.813. The van der Waals surface area contributed by atoms with Crippen LogP contribution in [0.15, 0.2) is 18.2 Å². The molecule has 0 aliphatic heterocycles. The number of nitrogens with zero attached hydrogens (tertiary/aromatic N) is 2. The summed E-state index contributed by atoms with van der Waals surface area (Å²) >= 11 is 13.2. The number of rotatable bonds is 6. The first-order valence-corrected chi connectivity index (χ1v) is 7.41. The van der Waals surface area contributed by atoms with Gasteiger partial charge >= 0.3 is 0 Å². The average molecular weight is 318 g/mol. The van der Waals surface area contributed by atoms with Crippen LogP contribution in [0.25, 0.3) is 0 Å². The Bertz CT molecular complexity index is 527. The van der Waals surface area contributed by atoms with E-state index >= 15 is 0 Å². The van der Waals surface area contributed by atoms with Gasteiger partial charge in [0, 0.05) is 16.6 Å². The molecule has 0 bridgehead atoms. The SMILES string of the molecule is CCCNCc1nnc(Oc2cc(Cl)cc(Cl)c2)s1. The van der Waals surface area contributed by atoms with Gasteiger partial charge in [-0.1, -0.05) is 46.6 Å². The molecule has 2 aromatic rings. The van der Waals surface area contributed by atoms with E-state index in [1.165, 1.54) is 11.3 Å². The van der Waals surface area contributed by atoms with Crippen molar-refractivity contribution < 1.29 is 4.74 Å². The summed E-state index contributed by atoms with van der Waals surface area (Å²) in [6.45, 7) is 3.77. The van der Waals surface area contributed by atoms with Crippen LogP contribution in [-0.2, 0) is 6.54 Å². The Balaban J connectivity index is 1.99. The first-order chi connectivity index (χ1) is 9.17. The van der Waals surface area contributed by atoms with E-state index in [0.717, 1.165) is 18.0 Å². The Morgan fingerprint density at radius 2 is 1.95 bits per heavy atom. The normalized spacial score (nSPS) is 10.7. The van der Waals surface area contributed by atoms with Crippen LogP contribution in [0, 0.1) is 0 Å². The minimum absolute atomic E-state index is 0.478. The number of hydrogen-bond donors (Lipinski definition) is 1. The molecular weight excluding hydrogens is 305 g/mol. The number of nitrogens with one attached hydrogen (secondary N) is 1. The second-order valence-electron chi connectivity index (χ2n) is 3.85. The zero-order chi connectivity index (χ0) is 13.7. The van der Waals surface area contributed by atoms with Crippen LogP contribution in [0.3, 0.4) is 0 Å². The topological polar surface area (TPSA) is 47.0 Å². The number of halogens is 2. The van der Waals surface area contributed by atoms with E-state index in [-0.39, 0.29) is 0 Å². The molecule has 1 aromatic carbocycles. The van der Waals surface area contributed by atoms with Gasteiger partial charge in [-0.3, -0.25) is 0 Å². The minimum Gasteiger partial charge on any atom is -0.430 e. The number of aromatic nitrogens is 2. The highest BCUT2D eigenvalue weighted by molar-refractivity contribution is 7.13. The second kappa shape index (κ2) is 7.05. The lowest BCUT2D eigenvalue weighted by atomic mass is 10.3. The minimum atomic E-state index is 0.478. The standard InChI is InChI=1S/C12H13Cl2N3OS/c1-2-3-15-7-11-16-17-12(19-11)18-10-5-8(13)4-9(14)6-10/h4-6,15H,2-3,7H2,1H3. The van der Waals surface area contributed by atoms with Crippen molar-refractivity contribution in [2.45, 2.75) is 19.9 Å². The third-order valence-electron chi connectivity index (χ3n) is 2.19. The fourth-order valence-electron chi connectivity index (χ4n) is 1.41. The van der Waals surface area contributed by atoms with E-state index in [0.29, 0.717) is 27.5 Å². The highest BCUT2D eigenvalue weighted by atomic mass is 35.5. The third-order valence-corrected chi connectivity index (χ3v) is 3.43. The van der Waals surface area contributed by atoms with E-state index < -0.39 is 0 Å². The molecule has 0 spiro atoms. The summed E-state index contributed by atoms with van der Waals surface area (Å²) in [5.41, 5.74) is 0. The first-order valence-electron chi connectivity index (χ1n) is 5.84. The van der Waals surface area contributed by atoms with Gasteiger partial charge in [-0.2, -0.15) is 0 Å². The molecule has 0 fully saturated rings. The summed E-state index contributed by atoms with van der Waals surface area (Å²) in [4.78, 5) is 0.